The van der Waals surface area contributed by atoms with Gasteiger partial charge in [-0.15, -0.1) is 11.3 Å². The van der Waals surface area contributed by atoms with Gasteiger partial charge in [0.2, 0.25) is 5.91 Å². The first-order valence-corrected chi connectivity index (χ1v) is 6.58. The van der Waals surface area contributed by atoms with E-state index in [0.29, 0.717) is 13.0 Å². The summed E-state index contributed by atoms with van der Waals surface area (Å²) < 4.78 is 0. The van der Waals surface area contributed by atoms with Gasteiger partial charge in [0.1, 0.15) is 0 Å². The van der Waals surface area contributed by atoms with Crippen molar-refractivity contribution in [3.8, 4) is 0 Å². The first kappa shape index (κ1) is 13.2. The van der Waals surface area contributed by atoms with Crippen molar-refractivity contribution < 1.29 is 4.79 Å². The predicted octanol–water partition coefficient (Wildman–Crippen LogP) is 2.10. The van der Waals surface area contributed by atoms with E-state index < -0.39 is 0 Å². The minimum atomic E-state index is 0.0956. The minimum absolute atomic E-state index is 0.0956. The molecule has 0 aromatic carbocycles. The highest BCUT2D eigenvalue weighted by atomic mass is 32.1. The molecule has 2 unspecified atom stereocenters. The summed E-state index contributed by atoms with van der Waals surface area (Å²) in [5, 5.41) is 4.98. The number of carbonyl (C=O) groups is 1. The Labute approximate surface area is 101 Å². The normalized spacial score (nSPS) is 14.4. The molecule has 90 valence electrons. The maximum atomic E-state index is 11.7. The highest BCUT2D eigenvalue weighted by Gasteiger charge is 2.16. The van der Waals surface area contributed by atoms with Gasteiger partial charge in [-0.05, 0) is 24.8 Å². The third kappa shape index (κ3) is 3.94. The van der Waals surface area contributed by atoms with E-state index in [1.165, 1.54) is 4.88 Å². The van der Waals surface area contributed by atoms with Crippen LogP contribution in [0, 0.1) is 0 Å². The number of thiophene rings is 1. The molecule has 2 atom stereocenters. The van der Waals surface area contributed by atoms with E-state index in [1.54, 1.807) is 11.3 Å². The largest absolute Gasteiger partial charge is 0.354 e. The number of carbonyl (C=O) groups excluding carboxylic acids is 1. The van der Waals surface area contributed by atoms with Crippen LogP contribution in [0.4, 0.5) is 0 Å². The number of nitrogens with one attached hydrogen (secondary N) is 1. The van der Waals surface area contributed by atoms with Crippen LogP contribution in [0.5, 0.6) is 0 Å². The molecule has 0 spiro atoms. The van der Waals surface area contributed by atoms with Crippen LogP contribution in [-0.4, -0.2) is 18.5 Å². The molecular formula is C12H20N2OS. The fourth-order valence-corrected chi connectivity index (χ4v) is 2.33. The Morgan fingerprint density at radius 1 is 1.62 bits per heavy atom. The Bertz CT molecular complexity index is 311. The second kappa shape index (κ2) is 6.66. The minimum Gasteiger partial charge on any atom is -0.354 e. The zero-order valence-electron chi connectivity index (χ0n) is 9.90. The van der Waals surface area contributed by atoms with Crippen molar-refractivity contribution in [2.24, 2.45) is 5.73 Å². The number of nitrogens with two attached hydrogens (primary N) is 1. The van der Waals surface area contributed by atoms with Crippen LogP contribution in [0.25, 0.3) is 0 Å². The van der Waals surface area contributed by atoms with Gasteiger partial charge < -0.3 is 11.1 Å². The van der Waals surface area contributed by atoms with Crippen molar-refractivity contribution in [2.45, 2.75) is 38.6 Å². The number of hydrogen-bond donors (Lipinski definition) is 2. The van der Waals surface area contributed by atoms with Gasteiger partial charge in [0.25, 0.3) is 0 Å². The van der Waals surface area contributed by atoms with Crippen LogP contribution < -0.4 is 11.1 Å². The summed E-state index contributed by atoms with van der Waals surface area (Å²) in [5.74, 6) is 0.252. The quantitative estimate of drug-likeness (QED) is 0.800. The molecule has 0 aliphatic rings. The molecule has 0 bridgehead atoms. The van der Waals surface area contributed by atoms with E-state index in [2.05, 4.69) is 12.2 Å². The highest BCUT2D eigenvalue weighted by molar-refractivity contribution is 7.10. The molecule has 0 radical (unpaired) electrons. The van der Waals surface area contributed by atoms with Crippen LogP contribution >= 0.6 is 11.3 Å². The van der Waals surface area contributed by atoms with Crippen molar-refractivity contribution >= 4 is 17.2 Å². The lowest BCUT2D eigenvalue weighted by atomic mass is 10.0. The maximum absolute atomic E-state index is 11.7. The van der Waals surface area contributed by atoms with E-state index in [9.17, 15) is 4.79 Å². The van der Waals surface area contributed by atoms with Gasteiger partial charge in [-0.3, -0.25) is 4.79 Å². The molecule has 0 fully saturated rings. The molecule has 1 heterocycles. The van der Waals surface area contributed by atoms with Gasteiger partial charge in [-0.2, -0.15) is 0 Å². The molecule has 1 amide bonds. The van der Waals surface area contributed by atoms with E-state index in [1.807, 2.05) is 24.4 Å². The average Bonchev–Trinajstić information content (AvgIpc) is 2.79. The fraction of sp³-hybridized carbons (Fsp3) is 0.583. The topological polar surface area (TPSA) is 55.1 Å². The molecule has 0 saturated carbocycles. The smallest absolute Gasteiger partial charge is 0.220 e. The molecule has 0 saturated heterocycles. The lowest BCUT2D eigenvalue weighted by Gasteiger charge is -2.15. The lowest BCUT2D eigenvalue weighted by molar-refractivity contribution is -0.122. The first-order chi connectivity index (χ1) is 7.67. The second-order valence-corrected chi connectivity index (χ2v) is 5.01. The predicted molar refractivity (Wildman–Crippen MR) is 68.6 cm³/mol. The molecule has 16 heavy (non-hydrogen) atoms. The molecule has 1 rings (SSSR count). The zero-order valence-corrected chi connectivity index (χ0v) is 10.7. The highest BCUT2D eigenvalue weighted by Crippen LogP contribution is 2.23. The molecule has 3 nitrogen and oxygen atoms in total. The van der Waals surface area contributed by atoms with Crippen molar-refractivity contribution in [2.75, 3.05) is 6.54 Å². The summed E-state index contributed by atoms with van der Waals surface area (Å²) in [7, 11) is 0. The molecule has 0 aliphatic heterocycles. The van der Waals surface area contributed by atoms with Crippen LogP contribution in [-0.2, 0) is 4.79 Å². The van der Waals surface area contributed by atoms with Crippen molar-refractivity contribution in [3.05, 3.63) is 22.4 Å². The molecule has 4 heteroatoms. The van der Waals surface area contributed by atoms with Gasteiger partial charge in [-0.25, -0.2) is 0 Å². The average molecular weight is 240 g/mol. The zero-order chi connectivity index (χ0) is 12.0. The Hall–Kier alpha value is -0.870. The Balaban J connectivity index is 2.48. The third-order valence-electron chi connectivity index (χ3n) is 2.68. The SMILES string of the molecule is CCC(C)NC(=O)CC(CN)c1cccs1. The van der Waals surface area contributed by atoms with Crippen molar-refractivity contribution in [1.29, 1.82) is 0 Å². The van der Waals surface area contributed by atoms with Crippen LogP contribution in [0.3, 0.4) is 0 Å². The Kier molecular flexibility index (Phi) is 5.49. The van der Waals surface area contributed by atoms with Crippen LogP contribution in [0.15, 0.2) is 17.5 Å². The van der Waals surface area contributed by atoms with Crippen molar-refractivity contribution in [1.82, 2.24) is 5.32 Å². The molecule has 0 aliphatic carbocycles. The summed E-state index contributed by atoms with van der Waals surface area (Å²) in [4.78, 5) is 12.9. The van der Waals surface area contributed by atoms with E-state index >= 15 is 0 Å². The maximum Gasteiger partial charge on any atom is 0.220 e. The van der Waals surface area contributed by atoms with E-state index in [0.717, 1.165) is 6.42 Å². The summed E-state index contributed by atoms with van der Waals surface area (Å²) in [6, 6.07) is 4.28. The van der Waals surface area contributed by atoms with Gasteiger partial charge in [0, 0.05) is 29.8 Å². The van der Waals surface area contributed by atoms with Gasteiger partial charge in [0.15, 0.2) is 0 Å². The van der Waals surface area contributed by atoms with E-state index in [-0.39, 0.29) is 17.9 Å². The van der Waals surface area contributed by atoms with Crippen LogP contribution in [0.2, 0.25) is 0 Å². The molecule has 3 N–H and O–H groups in total. The first-order valence-electron chi connectivity index (χ1n) is 5.70. The summed E-state index contributed by atoms with van der Waals surface area (Å²) >= 11 is 1.66. The molecule has 1 aromatic rings. The summed E-state index contributed by atoms with van der Waals surface area (Å²) in [5.41, 5.74) is 5.70. The third-order valence-corrected chi connectivity index (χ3v) is 3.72. The molecule has 1 aromatic heterocycles. The van der Waals surface area contributed by atoms with Crippen molar-refractivity contribution in [3.63, 3.8) is 0 Å². The number of hydrogen-bond acceptors (Lipinski definition) is 3. The van der Waals surface area contributed by atoms with Gasteiger partial charge in [0.05, 0.1) is 0 Å². The summed E-state index contributed by atoms with van der Waals surface area (Å²) in [6.07, 6.45) is 1.44. The monoisotopic (exact) mass is 240 g/mol. The lowest BCUT2D eigenvalue weighted by Crippen LogP contribution is -2.33. The van der Waals surface area contributed by atoms with E-state index in [4.69, 9.17) is 5.73 Å². The Morgan fingerprint density at radius 2 is 2.38 bits per heavy atom. The number of rotatable bonds is 6. The second-order valence-electron chi connectivity index (χ2n) is 4.03. The van der Waals surface area contributed by atoms with Gasteiger partial charge >= 0.3 is 0 Å². The van der Waals surface area contributed by atoms with Crippen LogP contribution in [0.1, 0.15) is 37.5 Å². The van der Waals surface area contributed by atoms with Gasteiger partial charge in [-0.1, -0.05) is 13.0 Å². The number of amides is 1. The summed E-state index contributed by atoms with van der Waals surface area (Å²) in [6.45, 7) is 4.60. The Morgan fingerprint density at radius 3 is 2.88 bits per heavy atom. The fourth-order valence-electron chi connectivity index (χ4n) is 1.48. The standard InChI is InChI=1S/C12H20N2OS/c1-3-9(2)14-12(15)7-10(8-13)11-5-4-6-16-11/h4-6,9-10H,3,7-8,13H2,1-2H3,(H,14,15). The molecular weight excluding hydrogens is 220 g/mol.